The van der Waals surface area contributed by atoms with Gasteiger partial charge < -0.3 is 5.73 Å². The summed E-state index contributed by atoms with van der Waals surface area (Å²) in [4.78, 5) is 98.4. The highest BCUT2D eigenvalue weighted by Gasteiger charge is 2.36. The topological polar surface area (TPSA) is 284 Å². The van der Waals surface area contributed by atoms with E-state index >= 15 is 0 Å². The quantitative estimate of drug-likeness (QED) is 0.0278. The first-order chi connectivity index (χ1) is 36.8. The molecule has 0 atom stereocenters. The van der Waals surface area contributed by atoms with E-state index in [2.05, 4.69) is 20.9 Å². The zero-order valence-corrected chi connectivity index (χ0v) is 46.8. The van der Waals surface area contributed by atoms with E-state index in [1.54, 1.807) is 76.3 Å². The Morgan fingerprint density at radius 2 is 0.700 bits per heavy atom. The number of pyridine rings is 1. The first-order valence-corrected chi connectivity index (χ1v) is 26.0. The Hall–Kier alpha value is -7.93. The Bertz CT molecular complexity index is 3270. The van der Waals surface area contributed by atoms with Gasteiger partial charge in [-0.2, -0.15) is 0 Å². The predicted molar refractivity (Wildman–Crippen MR) is 283 cm³/mol. The molecule has 0 bridgehead atoms. The molecular formula is C55H64F7N7O10S. The Balaban J connectivity index is 0.000000373. The first-order valence-electron chi connectivity index (χ1n) is 24.4. The largest absolute Gasteiger partial charge is 0.399 e. The minimum absolute atomic E-state index is 0.0886. The number of nitrogens with one attached hydrogen (secondary N) is 4. The van der Waals surface area contributed by atoms with Crippen molar-refractivity contribution in [2.24, 2.45) is 26.8 Å². The van der Waals surface area contributed by atoms with Gasteiger partial charge in [0.15, 0.2) is 34.9 Å². The predicted octanol–water partition coefficient (Wildman–Crippen LogP) is 9.27. The van der Waals surface area contributed by atoms with Gasteiger partial charge in [0.2, 0.25) is 33.7 Å². The molecule has 25 heteroatoms. The van der Waals surface area contributed by atoms with Crippen LogP contribution in [-0.2, 0) is 29.2 Å². The van der Waals surface area contributed by atoms with Crippen LogP contribution in [0.5, 0.6) is 0 Å². The monoisotopic (exact) mass is 1150 g/mol. The number of hydrogen-bond donors (Lipinski definition) is 6. The molecule has 5 rings (SSSR count). The van der Waals surface area contributed by atoms with E-state index in [0.29, 0.717) is 36.1 Å². The molecular weight excluding hydrogens is 1080 g/mol. The minimum Gasteiger partial charge on any atom is -0.399 e. The number of primary sulfonamides is 1. The fraction of sp³-hybridized carbons (Fsp3) is 0.364. The van der Waals surface area contributed by atoms with Crippen molar-refractivity contribution in [3.8, 4) is 0 Å². The molecule has 8 amide bonds. The molecule has 0 saturated heterocycles. The van der Waals surface area contributed by atoms with Crippen molar-refractivity contribution >= 4 is 73.7 Å². The molecule has 80 heavy (non-hydrogen) atoms. The summed E-state index contributed by atoms with van der Waals surface area (Å²) < 4.78 is 119. The summed E-state index contributed by atoms with van der Waals surface area (Å²) in [6.07, 6.45) is 5.20. The zero-order chi connectivity index (χ0) is 61.6. The molecule has 434 valence electrons. The Morgan fingerprint density at radius 1 is 0.425 bits per heavy atom. The van der Waals surface area contributed by atoms with E-state index in [-0.39, 0.29) is 40.5 Å². The van der Waals surface area contributed by atoms with Crippen molar-refractivity contribution in [1.29, 1.82) is 0 Å². The summed E-state index contributed by atoms with van der Waals surface area (Å²) in [7, 11) is -3.79. The smallest absolute Gasteiger partial charge is 0.263 e. The number of benzene rings is 4. The van der Waals surface area contributed by atoms with Crippen LogP contribution < -0.4 is 32.1 Å². The molecule has 0 unspecified atom stereocenters. The van der Waals surface area contributed by atoms with Gasteiger partial charge in [0.05, 0.1) is 15.7 Å². The average Bonchev–Trinajstić information content (AvgIpc) is 3.41. The SMILES string of the molecule is CCC(C)(C)C(=O)NC(=O)c1c(F)c(F)c2c(F)c(F)c(F)c(F)c2c1F.CCC(C)(C)C(=O)NC(=O)c1ccc(N)cc1.CCC(C)(C)C(=O)NC(=O)c1ccc(S(N)(=O)=O)cc1.CCC(C)(C)C(=O)NC(=O)c1ccncc1. The van der Waals surface area contributed by atoms with E-state index in [1.165, 1.54) is 50.5 Å². The number of carbonyl (C=O) groups is 8. The molecule has 5 aromatic rings. The van der Waals surface area contributed by atoms with Crippen molar-refractivity contribution in [2.45, 2.75) is 114 Å². The third-order valence-electron chi connectivity index (χ3n) is 13.0. The molecule has 8 N–H and O–H groups in total. The van der Waals surface area contributed by atoms with E-state index in [9.17, 15) is 77.5 Å². The van der Waals surface area contributed by atoms with E-state index < -0.39 is 112 Å². The Morgan fingerprint density at radius 3 is 1.01 bits per heavy atom. The molecule has 1 heterocycles. The highest BCUT2D eigenvalue weighted by atomic mass is 32.2. The van der Waals surface area contributed by atoms with Crippen molar-refractivity contribution in [3.05, 3.63) is 136 Å². The molecule has 0 radical (unpaired) electrons. The lowest BCUT2D eigenvalue weighted by Gasteiger charge is -2.21. The van der Waals surface area contributed by atoms with Crippen molar-refractivity contribution < 1.29 is 77.5 Å². The fourth-order valence-corrected chi connectivity index (χ4v) is 6.14. The normalized spacial score (nSPS) is 11.5. The lowest BCUT2D eigenvalue weighted by Crippen LogP contribution is -2.41. The molecule has 0 aliphatic heterocycles. The highest BCUT2D eigenvalue weighted by molar-refractivity contribution is 7.89. The van der Waals surface area contributed by atoms with Gasteiger partial charge in [-0.25, -0.2) is 44.3 Å². The maximum Gasteiger partial charge on any atom is 0.263 e. The van der Waals surface area contributed by atoms with Crippen LogP contribution in [0.3, 0.4) is 0 Å². The van der Waals surface area contributed by atoms with Crippen LogP contribution in [-0.4, -0.2) is 60.7 Å². The number of aromatic nitrogens is 1. The second-order valence-corrected chi connectivity index (χ2v) is 21.9. The number of anilines is 1. The second kappa shape index (κ2) is 27.8. The van der Waals surface area contributed by atoms with Gasteiger partial charge in [-0.3, -0.25) is 64.6 Å². The zero-order valence-electron chi connectivity index (χ0n) is 46.0. The van der Waals surface area contributed by atoms with Gasteiger partial charge in [0.1, 0.15) is 11.4 Å². The number of carbonyl (C=O) groups excluding carboxylic acids is 8. The van der Waals surface area contributed by atoms with Crippen LogP contribution >= 0.6 is 0 Å². The molecule has 17 nitrogen and oxygen atoms in total. The maximum absolute atomic E-state index is 14.5. The number of fused-ring (bicyclic) bond motifs is 1. The van der Waals surface area contributed by atoms with Gasteiger partial charge in [-0.05, 0) is 86.3 Å². The lowest BCUT2D eigenvalue weighted by atomic mass is 9.89. The van der Waals surface area contributed by atoms with E-state index in [0.717, 1.165) is 0 Å². The molecule has 0 aliphatic rings. The average molecular weight is 1150 g/mol. The summed E-state index contributed by atoms with van der Waals surface area (Å²) in [5.41, 5.74) is 2.54. The van der Waals surface area contributed by atoms with Gasteiger partial charge in [0, 0.05) is 56.4 Å². The lowest BCUT2D eigenvalue weighted by molar-refractivity contribution is -0.129. The number of nitrogens with zero attached hydrogens (tertiary/aromatic N) is 1. The highest BCUT2D eigenvalue weighted by Crippen LogP contribution is 2.35. The van der Waals surface area contributed by atoms with Crippen LogP contribution in [0.4, 0.5) is 36.4 Å². The molecule has 0 saturated carbocycles. The number of halogens is 7. The number of sulfonamides is 1. The number of nitrogen functional groups attached to an aromatic ring is 1. The number of rotatable bonds is 13. The number of imide groups is 4. The van der Waals surface area contributed by atoms with E-state index in [1.807, 2.05) is 34.6 Å². The second-order valence-electron chi connectivity index (χ2n) is 20.3. The summed E-state index contributed by atoms with van der Waals surface area (Å²) >= 11 is 0. The fourth-order valence-electron chi connectivity index (χ4n) is 5.63. The van der Waals surface area contributed by atoms with Crippen LogP contribution in [0.1, 0.15) is 150 Å². The summed E-state index contributed by atoms with van der Waals surface area (Å²) in [6.45, 7) is 20.7. The minimum atomic E-state index is -3.79. The van der Waals surface area contributed by atoms with Crippen molar-refractivity contribution in [1.82, 2.24) is 26.3 Å². The van der Waals surface area contributed by atoms with Gasteiger partial charge in [-0.15, -0.1) is 0 Å². The molecule has 0 fully saturated rings. The molecule has 0 aliphatic carbocycles. The third-order valence-corrected chi connectivity index (χ3v) is 14.0. The standard InChI is InChI=1S/C17H12F7NO2.C13H18N2O4S.C13H18N2O2.C12H16N2O2/c1-4-17(2,3)16(27)25-15(26)7-8(18)5-6(9(19)12(7)22)11(21)14(24)13(23)10(5)20;1-4-13(2,3)12(17)15-11(16)9-5-7-10(8-6-9)20(14,18)19;1-4-13(2,3)12(17)15-11(16)9-5-7-10(14)8-6-9;1-4-12(2,3)11(16)14-10(15)9-5-7-13-8-6-9/h4H2,1-3H3,(H,25,26,27);5-8H,4H2,1-3H3,(H2,14,18,19)(H,15,16,17);5-8H,4,14H2,1-3H3,(H,15,16,17);5-8H,4H2,1-3H3,(H,14,15,16). The Labute approximate surface area is 458 Å². The summed E-state index contributed by atoms with van der Waals surface area (Å²) in [6, 6.07) is 14.6. The van der Waals surface area contributed by atoms with Crippen LogP contribution in [0, 0.1) is 62.4 Å². The van der Waals surface area contributed by atoms with Crippen molar-refractivity contribution in [3.63, 3.8) is 0 Å². The van der Waals surface area contributed by atoms with Gasteiger partial charge in [0.25, 0.3) is 23.6 Å². The maximum atomic E-state index is 14.5. The number of hydrogen-bond acceptors (Lipinski definition) is 12. The Kier molecular flexibility index (Phi) is 23.7. The number of nitrogens with two attached hydrogens (primary N) is 2. The number of amides is 8. The third kappa shape index (κ3) is 17.5. The molecule has 1 aromatic heterocycles. The van der Waals surface area contributed by atoms with Crippen LogP contribution in [0.15, 0.2) is 78.0 Å². The summed E-state index contributed by atoms with van der Waals surface area (Å²) in [5, 5.41) is 10.00. The van der Waals surface area contributed by atoms with Crippen molar-refractivity contribution in [2.75, 3.05) is 5.73 Å². The van der Waals surface area contributed by atoms with Crippen LogP contribution in [0.2, 0.25) is 0 Å². The first kappa shape index (κ1) is 68.2. The van der Waals surface area contributed by atoms with E-state index in [4.69, 9.17) is 10.9 Å². The summed E-state index contributed by atoms with van der Waals surface area (Å²) in [5.74, 6) is -21.5. The van der Waals surface area contributed by atoms with Gasteiger partial charge in [-0.1, -0.05) is 83.1 Å². The van der Waals surface area contributed by atoms with Crippen LogP contribution in [0.25, 0.3) is 10.8 Å². The molecule has 0 spiro atoms. The van der Waals surface area contributed by atoms with Gasteiger partial charge >= 0.3 is 0 Å². The molecule has 4 aromatic carbocycles.